The first-order chi connectivity index (χ1) is 11.8. The van der Waals surface area contributed by atoms with Crippen molar-refractivity contribution in [2.24, 2.45) is 5.41 Å². The first kappa shape index (κ1) is 17.6. The van der Waals surface area contributed by atoms with E-state index < -0.39 is 5.41 Å². The molecule has 0 N–H and O–H groups in total. The van der Waals surface area contributed by atoms with Crippen molar-refractivity contribution in [1.82, 2.24) is 4.90 Å². The fraction of sp³-hybridized carbons (Fsp3) is 0.429. The van der Waals surface area contributed by atoms with Crippen LogP contribution in [0.1, 0.15) is 37.6 Å². The monoisotopic (exact) mass is 339 g/mol. The molecule has 1 saturated heterocycles. The van der Waals surface area contributed by atoms with Crippen molar-refractivity contribution in [3.05, 3.63) is 48.0 Å². The highest BCUT2D eigenvalue weighted by Gasteiger charge is 2.40. The number of esters is 1. The Bertz CT molecular complexity index is 806. The fourth-order valence-corrected chi connectivity index (χ4v) is 3.38. The number of ether oxygens (including phenoxy) is 1. The summed E-state index contributed by atoms with van der Waals surface area (Å²) >= 11 is 0. The van der Waals surface area contributed by atoms with Crippen molar-refractivity contribution in [3.8, 4) is 0 Å². The van der Waals surface area contributed by atoms with Crippen LogP contribution < -0.4 is 0 Å². The van der Waals surface area contributed by atoms with Crippen LogP contribution in [-0.4, -0.2) is 42.4 Å². The van der Waals surface area contributed by atoms with Crippen LogP contribution in [0.4, 0.5) is 0 Å². The van der Waals surface area contributed by atoms with Gasteiger partial charge in [-0.1, -0.05) is 51.1 Å². The molecule has 132 valence electrons. The predicted molar refractivity (Wildman–Crippen MR) is 98.6 cm³/mol. The molecule has 1 aliphatic rings. The Balaban J connectivity index is 1.69. The van der Waals surface area contributed by atoms with Gasteiger partial charge in [0.25, 0.3) is 0 Å². The Kier molecular flexibility index (Phi) is 4.65. The second-order valence-corrected chi connectivity index (χ2v) is 7.89. The van der Waals surface area contributed by atoms with Crippen molar-refractivity contribution >= 4 is 22.5 Å². The summed E-state index contributed by atoms with van der Waals surface area (Å²) in [6.07, 6.45) is 0.312. The van der Waals surface area contributed by atoms with Gasteiger partial charge in [-0.3, -0.25) is 9.69 Å². The first-order valence-corrected chi connectivity index (χ1v) is 8.70. The third-order valence-corrected chi connectivity index (χ3v) is 4.81. The molecule has 0 bridgehead atoms. The molecule has 0 spiro atoms. The summed E-state index contributed by atoms with van der Waals surface area (Å²) in [5, 5.41) is 2.11. The molecule has 25 heavy (non-hydrogen) atoms. The SMILES string of the molecule is CN1CC(OC(=O)c2ccc3ccccc3c2)CC1C(=O)C(C)(C)C. The Labute approximate surface area is 148 Å². The third-order valence-electron chi connectivity index (χ3n) is 4.81. The Morgan fingerprint density at radius 1 is 1.08 bits per heavy atom. The molecule has 4 heteroatoms. The van der Waals surface area contributed by atoms with Gasteiger partial charge in [0.1, 0.15) is 6.10 Å². The van der Waals surface area contributed by atoms with E-state index in [0.717, 1.165) is 10.8 Å². The van der Waals surface area contributed by atoms with E-state index in [0.29, 0.717) is 18.5 Å². The van der Waals surface area contributed by atoms with E-state index in [2.05, 4.69) is 0 Å². The van der Waals surface area contributed by atoms with Crippen LogP contribution in [0.15, 0.2) is 42.5 Å². The van der Waals surface area contributed by atoms with Crippen molar-refractivity contribution in [1.29, 1.82) is 0 Å². The highest BCUT2D eigenvalue weighted by molar-refractivity contribution is 5.95. The minimum atomic E-state index is -0.393. The summed E-state index contributed by atoms with van der Waals surface area (Å²) < 4.78 is 5.68. The number of carbonyl (C=O) groups excluding carboxylic acids is 2. The zero-order valence-electron chi connectivity index (χ0n) is 15.3. The molecule has 1 heterocycles. The summed E-state index contributed by atoms with van der Waals surface area (Å²) in [5.74, 6) is -0.132. The molecule has 0 radical (unpaired) electrons. The maximum absolute atomic E-state index is 12.5. The lowest BCUT2D eigenvalue weighted by atomic mass is 9.85. The number of likely N-dealkylation sites (N-methyl/N-ethyl adjacent to an activating group) is 1. The number of hydrogen-bond donors (Lipinski definition) is 0. The number of benzene rings is 2. The second kappa shape index (κ2) is 6.60. The van der Waals surface area contributed by atoms with Gasteiger partial charge in [-0.15, -0.1) is 0 Å². The number of ketones is 1. The van der Waals surface area contributed by atoms with Crippen LogP contribution in [0.5, 0.6) is 0 Å². The molecular weight excluding hydrogens is 314 g/mol. The lowest BCUT2D eigenvalue weighted by molar-refractivity contribution is -0.130. The topological polar surface area (TPSA) is 46.6 Å². The number of fused-ring (bicyclic) bond motifs is 1. The number of carbonyl (C=O) groups is 2. The standard InChI is InChI=1S/C21H25NO3/c1-21(2,3)19(23)18-12-17(13-22(18)4)25-20(24)16-10-9-14-7-5-6-8-15(14)11-16/h5-11,17-18H,12-13H2,1-4H3. The molecule has 2 atom stereocenters. The van der Waals surface area contributed by atoms with E-state index in [1.165, 1.54) is 0 Å². The third kappa shape index (κ3) is 3.74. The summed E-state index contributed by atoms with van der Waals surface area (Å²) in [6, 6.07) is 13.3. The fourth-order valence-electron chi connectivity index (χ4n) is 3.38. The van der Waals surface area contributed by atoms with Gasteiger partial charge in [-0.25, -0.2) is 4.79 Å². The first-order valence-electron chi connectivity index (χ1n) is 8.70. The zero-order chi connectivity index (χ0) is 18.2. The molecule has 0 aromatic heterocycles. The van der Waals surface area contributed by atoms with Crippen LogP contribution in [0.25, 0.3) is 10.8 Å². The molecule has 2 aromatic rings. The van der Waals surface area contributed by atoms with Crippen molar-refractivity contribution in [2.45, 2.75) is 39.3 Å². The Morgan fingerprint density at radius 2 is 1.76 bits per heavy atom. The second-order valence-electron chi connectivity index (χ2n) is 7.89. The van der Waals surface area contributed by atoms with E-state index in [4.69, 9.17) is 4.74 Å². The summed E-state index contributed by atoms with van der Waals surface area (Å²) in [4.78, 5) is 27.0. The molecule has 2 aromatic carbocycles. The average molecular weight is 339 g/mol. The summed E-state index contributed by atoms with van der Waals surface area (Å²) in [6.45, 7) is 6.37. The molecule has 4 nitrogen and oxygen atoms in total. The van der Waals surface area contributed by atoms with Crippen molar-refractivity contribution < 1.29 is 14.3 Å². The van der Waals surface area contributed by atoms with Gasteiger partial charge in [-0.2, -0.15) is 0 Å². The molecule has 1 aliphatic heterocycles. The molecule has 3 rings (SSSR count). The lowest BCUT2D eigenvalue weighted by Crippen LogP contribution is -2.39. The number of likely N-dealkylation sites (tertiary alicyclic amines) is 1. The van der Waals surface area contributed by atoms with Gasteiger partial charge < -0.3 is 4.74 Å². The zero-order valence-corrected chi connectivity index (χ0v) is 15.3. The minimum absolute atomic E-state index is 0.186. The molecule has 0 saturated carbocycles. The Hall–Kier alpha value is -2.20. The highest BCUT2D eigenvalue weighted by Crippen LogP contribution is 2.27. The average Bonchev–Trinajstić information content (AvgIpc) is 2.92. The number of rotatable bonds is 3. The van der Waals surface area contributed by atoms with E-state index in [1.54, 1.807) is 6.07 Å². The lowest BCUT2D eigenvalue weighted by Gasteiger charge is -2.25. The van der Waals surface area contributed by atoms with Gasteiger partial charge in [0.15, 0.2) is 5.78 Å². The molecular formula is C21H25NO3. The highest BCUT2D eigenvalue weighted by atomic mass is 16.5. The van der Waals surface area contributed by atoms with Gasteiger partial charge in [0.05, 0.1) is 11.6 Å². The van der Waals surface area contributed by atoms with Gasteiger partial charge in [0.2, 0.25) is 0 Å². The van der Waals surface area contributed by atoms with E-state index in [-0.39, 0.29) is 23.9 Å². The van der Waals surface area contributed by atoms with Gasteiger partial charge in [0, 0.05) is 18.4 Å². The molecule has 1 fully saturated rings. The maximum Gasteiger partial charge on any atom is 0.338 e. The number of hydrogen-bond acceptors (Lipinski definition) is 4. The van der Waals surface area contributed by atoms with Crippen LogP contribution in [0, 0.1) is 5.41 Å². The summed E-state index contributed by atoms with van der Waals surface area (Å²) in [7, 11) is 1.91. The van der Waals surface area contributed by atoms with Gasteiger partial charge in [-0.05, 0) is 30.0 Å². The maximum atomic E-state index is 12.5. The molecule has 0 aliphatic carbocycles. The van der Waals surface area contributed by atoms with Crippen molar-refractivity contribution in [3.63, 3.8) is 0 Å². The largest absolute Gasteiger partial charge is 0.457 e. The number of Topliss-reactive ketones (excluding diaryl/α,β-unsaturated/α-hetero) is 1. The van der Waals surface area contributed by atoms with Crippen LogP contribution >= 0.6 is 0 Å². The van der Waals surface area contributed by atoms with E-state index in [1.807, 2.05) is 69.1 Å². The number of nitrogens with zero attached hydrogens (tertiary/aromatic N) is 1. The smallest absolute Gasteiger partial charge is 0.338 e. The van der Waals surface area contributed by atoms with Gasteiger partial charge >= 0.3 is 5.97 Å². The van der Waals surface area contributed by atoms with Crippen molar-refractivity contribution in [2.75, 3.05) is 13.6 Å². The predicted octanol–water partition coefficient (Wildman–Crippen LogP) is 3.68. The molecule has 0 amide bonds. The van der Waals surface area contributed by atoms with E-state index in [9.17, 15) is 9.59 Å². The van der Waals surface area contributed by atoms with Crippen LogP contribution in [0.3, 0.4) is 0 Å². The normalized spacial score (nSPS) is 21.4. The molecule has 2 unspecified atom stereocenters. The summed E-state index contributed by atoms with van der Waals surface area (Å²) in [5.41, 5.74) is 0.155. The van der Waals surface area contributed by atoms with Crippen LogP contribution in [-0.2, 0) is 9.53 Å². The van der Waals surface area contributed by atoms with Crippen LogP contribution in [0.2, 0.25) is 0 Å². The van der Waals surface area contributed by atoms with E-state index >= 15 is 0 Å². The quantitative estimate of drug-likeness (QED) is 0.800. The minimum Gasteiger partial charge on any atom is -0.457 e. The Morgan fingerprint density at radius 3 is 2.44 bits per heavy atom.